The van der Waals surface area contributed by atoms with E-state index in [0.29, 0.717) is 19.0 Å². The van der Waals surface area contributed by atoms with Gasteiger partial charge in [-0.3, -0.25) is 0 Å². The number of nitrogens with one attached hydrogen (secondary N) is 2. The van der Waals surface area contributed by atoms with Gasteiger partial charge >= 0.3 is 0 Å². The molecule has 0 bridgehead atoms. The highest BCUT2D eigenvalue weighted by atomic mass is 32.2. The Bertz CT molecular complexity index is 285. The molecule has 1 rings (SSSR count). The SMILES string of the molecule is CCCNCCS(=O)(=O)NCC1CCCCC1. The van der Waals surface area contributed by atoms with E-state index in [1.54, 1.807) is 0 Å². The minimum atomic E-state index is -3.07. The second-order valence-electron chi connectivity index (χ2n) is 4.92. The van der Waals surface area contributed by atoms with E-state index in [1.165, 1.54) is 32.1 Å². The lowest BCUT2D eigenvalue weighted by atomic mass is 9.90. The van der Waals surface area contributed by atoms with Crippen molar-refractivity contribution in [2.24, 2.45) is 5.92 Å². The highest BCUT2D eigenvalue weighted by Crippen LogP contribution is 2.22. The molecule has 0 aromatic rings. The summed E-state index contributed by atoms with van der Waals surface area (Å²) in [7, 11) is -3.07. The number of hydrogen-bond donors (Lipinski definition) is 2. The van der Waals surface area contributed by atoms with Crippen LogP contribution in [0.1, 0.15) is 45.4 Å². The highest BCUT2D eigenvalue weighted by molar-refractivity contribution is 7.89. The van der Waals surface area contributed by atoms with Gasteiger partial charge in [-0.1, -0.05) is 26.2 Å². The monoisotopic (exact) mass is 262 g/mol. The summed E-state index contributed by atoms with van der Waals surface area (Å²) in [4.78, 5) is 0. The van der Waals surface area contributed by atoms with Crippen molar-refractivity contribution in [2.75, 3.05) is 25.4 Å². The van der Waals surface area contributed by atoms with Crippen molar-refractivity contribution >= 4 is 10.0 Å². The molecule has 0 radical (unpaired) electrons. The minimum Gasteiger partial charge on any atom is -0.316 e. The molecule has 1 saturated carbocycles. The molecule has 1 fully saturated rings. The van der Waals surface area contributed by atoms with Crippen LogP contribution in [-0.4, -0.2) is 33.8 Å². The third-order valence-electron chi connectivity index (χ3n) is 3.29. The van der Waals surface area contributed by atoms with Crippen LogP contribution < -0.4 is 10.0 Å². The molecule has 0 heterocycles. The second-order valence-corrected chi connectivity index (χ2v) is 6.85. The van der Waals surface area contributed by atoms with E-state index in [4.69, 9.17) is 0 Å². The van der Waals surface area contributed by atoms with E-state index in [-0.39, 0.29) is 5.75 Å². The van der Waals surface area contributed by atoms with Crippen molar-refractivity contribution in [3.63, 3.8) is 0 Å². The first-order chi connectivity index (χ1) is 8.14. The van der Waals surface area contributed by atoms with Crippen LogP contribution in [0.3, 0.4) is 0 Å². The molecule has 0 amide bonds. The van der Waals surface area contributed by atoms with Crippen molar-refractivity contribution in [3.05, 3.63) is 0 Å². The molecule has 0 unspecified atom stereocenters. The molecule has 0 aromatic heterocycles. The smallest absolute Gasteiger partial charge is 0.212 e. The zero-order valence-corrected chi connectivity index (χ0v) is 11.7. The Morgan fingerprint density at radius 3 is 2.47 bits per heavy atom. The molecule has 0 atom stereocenters. The summed E-state index contributed by atoms with van der Waals surface area (Å²) in [6, 6.07) is 0. The lowest BCUT2D eigenvalue weighted by Gasteiger charge is -2.21. The maximum atomic E-state index is 11.7. The summed E-state index contributed by atoms with van der Waals surface area (Å²) >= 11 is 0. The highest BCUT2D eigenvalue weighted by Gasteiger charge is 2.16. The summed E-state index contributed by atoms with van der Waals surface area (Å²) in [5.41, 5.74) is 0. The zero-order valence-electron chi connectivity index (χ0n) is 10.9. The Morgan fingerprint density at radius 1 is 1.12 bits per heavy atom. The topological polar surface area (TPSA) is 58.2 Å². The fourth-order valence-corrected chi connectivity index (χ4v) is 3.26. The standard InChI is InChI=1S/C12H26N2O2S/c1-2-8-13-9-10-17(15,16)14-11-12-6-4-3-5-7-12/h12-14H,2-11H2,1H3. The fourth-order valence-electron chi connectivity index (χ4n) is 2.22. The van der Waals surface area contributed by atoms with Crippen molar-refractivity contribution in [1.82, 2.24) is 10.0 Å². The Labute approximate surface area is 106 Å². The predicted octanol–water partition coefficient (Wildman–Crippen LogP) is 1.49. The van der Waals surface area contributed by atoms with E-state index < -0.39 is 10.0 Å². The van der Waals surface area contributed by atoms with E-state index >= 15 is 0 Å². The van der Waals surface area contributed by atoms with Gasteiger partial charge < -0.3 is 5.32 Å². The maximum absolute atomic E-state index is 11.7. The molecule has 1 aliphatic carbocycles. The van der Waals surface area contributed by atoms with Crippen LogP contribution in [0.4, 0.5) is 0 Å². The second kappa shape index (κ2) is 8.06. The van der Waals surface area contributed by atoms with Crippen LogP contribution in [0.15, 0.2) is 0 Å². The molecular weight excluding hydrogens is 236 g/mol. The molecule has 1 aliphatic rings. The van der Waals surface area contributed by atoms with Gasteiger partial charge in [-0.25, -0.2) is 13.1 Å². The molecule has 102 valence electrons. The van der Waals surface area contributed by atoms with Gasteiger partial charge in [-0.05, 0) is 31.7 Å². The molecule has 0 spiro atoms. The van der Waals surface area contributed by atoms with E-state index in [1.807, 2.05) is 0 Å². The van der Waals surface area contributed by atoms with E-state index in [2.05, 4.69) is 17.0 Å². The summed E-state index contributed by atoms with van der Waals surface area (Å²) in [5, 5.41) is 3.11. The van der Waals surface area contributed by atoms with E-state index in [0.717, 1.165) is 13.0 Å². The zero-order chi connectivity index (χ0) is 12.6. The van der Waals surface area contributed by atoms with Crippen molar-refractivity contribution in [2.45, 2.75) is 45.4 Å². The Balaban J connectivity index is 2.14. The van der Waals surface area contributed by atoms with Crippen molar-refractivity contribution in [3.8, 4) is 0 Å². The van der Waals surface area contributed by atoms with Crippen molar-refractivity contribution < 1.29 is 8.42 Å². The number of rotatable bonds is 8. The van der Waals surface area contributed by atoms with Gasteiger partial charge in [0.05, 0.1) is 5.75 Å². The third-order valence-corrected chi connectivity index (χ3v) is 4.64. The largest absolute Gasteiger partial charge is 0.316 e. The molecule has 17 heavy (non-hydrogen) atoms. The van der Waals surface area contributed by atoms with Crippen LogP contribution in [0.5, 0.6) is 0 Å². The Morgan fingerprint density at radius 2 is 1.82 bits per heavy atom. The first kappa shape index (κ1) is 14.9. The molecule has 5 heteroatoms. The fraction of sp³-hybridized carbons (Fsp3) is 1.00. The summed E-state index contributed by atoms with van der Waals surface area (Å²) in [5.74, 6) is 0.752. The molecule has 0 aromatic carbocycles. The summed E-state index contributed by atoms with van der Waals surface area (Å²) < 4.78 is 26.1. The molecule has 4 nitrogen and oxygen atoms in total. The van der Waals surface area contributed by atoms with E-state index in [9.17, 15) is 8.42 Å². The van der Waals surface area contributed by atoms with Gasteiger partial charge in [-0.15, -0.1) is 0 Å². The predicted molar refractivity (Wildman–Crippen MR) is 71.5 cm³/mol. The van der Waals surface area contributed by atoms with Crippen LogP contribution >= 0.6 is 0 Å². The lowest BCUT2D eigenvalue weighted by molar-refractivity contribution is 0.357. The Kier molecular flexibility index (Phi) is 7.08. The maximum Gasteiger partial charge on any atom is 0.212 e. The van der Waals surface area contributed by atoms with Crippen LogP contribution in [0, 0.1) is 5.92 Å². The Hall–Kier alpha value is -0.130. The molecule has 2 N–H and O–H groups in total. The average molecular weight is 262 g/mol. The molecule has 0 saturated heterocycles. The van der Waals surface area contributed by atoms with Crippen LogP contribution in [0.2, 0.25) is 0 Å². The minimum absolute atomic E-state index is 0.194. The summed E-state index contributed by atoms with van der Waals surface area (Å²) in [6.07, 6.45) is 7.21. The molecule has 0 aliphatic heterocycles. The van der Waals surface area contributed by atoms with Gasteiger partial charge in [0.1, 0.15) is 0 Å². The van der Waals surface area contributed by atoms with Gasteiger partial charge in [-0.2, -0.15) is 0 Å². The quantitative estimate of drug-likeness (QED) is 0.652. The van der Waals surface area contributed by atoms with Crippen molar-refractivity contribution in [1.29, 1.82) is 0 Å². The molecular formula is C12H26N2O2S. The normalized spacial score (nSPS) is 18.4. The van der Waals surface area contributed by atoms with Gasteiger partial charge in [0, 0.05) is 13.1 Å². The van der Waals surface area contributed by atoms with Crippen LogP contribution in [-0.2, 0) is 10.0 Å². The summed E-state index contributed by atoms with van der Waals surface area (Å²) in [6.45, 7) is 4.14. The van der Waals surface area contributed by atoms with Crippen LogP contribution in [0.25, 0.3) is 0 Å². The average Bonchev–Trinajstić information content (AvgIpc) is 2.34. The van der Waals surface area contributed by atoms with Gasteiger partial charge in [0.15, 0.2) is 0 Å². The first-order valence-corrected chi connectivity index (χ1v) is 8.47. The number of hydrogen-bond acceptors (Lipinski definition) is 3. The first-order valence-electron chi connectivity index (χ1n) is 6.82. The lowest BCUT2D eigenvalue weighted by Crippen LogP contribution is -2.35. The third kappa shape index (κ3) is 7.01. The van der Waals surface area contributed by atoms with Gasteiger partial charge in [0.2, 0.25) is 10.0 Å². The number of sulfonamides is 1. The van der Waals surface area contributed by atoms with Gasteiger partial charge in [0.25, 0.3) is 0 Å².